The van der Waals surface area contributed by atoms with E-state index in [9.17, 15) is 8.42 Å². The van der Waals surface area contributed by atoms with Gasteiger partial charge in [-0.25, -0.2) is 13.1 Å². The lowest BCUT2D eigenvalue weighted by Gasteiger charge is -2.05. The first-order valence-electron chi connectivity index (χ1n) is 4.42. The summed E-state index contributed by atoms with van der Waals surface area (Å²) in [7, 11) is -3.39. The Morgan fingerprint density at radius 2 is 1.87 bits per heavy atom. The maximum absolute atomic E-state index is 11.6. The monoisotopic (exact) mass is 265 g/mol. The van der Waals surface area contributed by atoms with Crippen LogP contribution in [0.15, 0.2) is 29.2 Å². The van der Waals surface area contributed by atoms with Gasteiger partial charge in [0.2, 0.25) is 10.0 Å². The van der Waals surface area contributed by atoms with E-state index in [-0.39, 0.29) is 4.90 Å². The summed E-state index contributed by atoms with van der Waals surface area (Å²) in [5.74, 6) is 0.656. The molecule has 15 heavy (non-hydrogen) atoms. The molecule has 0 aliphatic heterocycles. The van der Waals surface area contributed by atoms with Crippen LogP contribution in [-0.2, 0) is 10.0 Å². The second kappa shape index (κ2) is 5.75. The van der Waals surface area contributed by atoms with E-state index in [2.05, 4.69) is 17.4 Å². The average molecular weight is 266 g/mol. The van der Waals surface area contributed by atoms with Gasteiger partial charge in [-0.1, -0.05) is 11.6 Å². The molecule has 0 atom stereocenters. The number of rotatable bonds is 5. The van der Waals surface area contributed by atoms with Crippen molar-refractivity contribution in [3.05, 3.63) is 29.3 Å². The van der Waals surface area contributed by atoms with E-state index in [0.29, 0.717) is 23.7 Å². The van der Waals surface area contributed by atoms with E-state index in [1.54, 1.807) is 12.1 Å². The zero-order chi connectivity index (χ0) is 11.3. The van der Waals surface area contributed by atoms with E-state index in [1.807, 2.05) is 0 Å². The second-order valence-electron chi connectivity index (χ2n) is 2.93. The normalized spacial score (nSPS) is 11.6. The molecule has 0 amide bonds. The predicted octanol–water partition coefficient (Wildman–Crippen LogP) is 1.94. The molecule has 0 aliphatic rings. The minimum Gasteiger partial charge on any atom is -0.211 e. The standard InChI is InChI=1S/C9H12ClNO2S2/c10-8-2-4-9(5-3-8)15(12,13)11-6-1-7-14/h2-5,11,14H,1,6-7H2. The predicted molar refractivity (Wildman–Crippen MR) is 65.1 cm³/mol. The number of hydrogen-bond acceptors (Lipinski definition) is 3. The maximum atomic E-state index is 11.6. The molecule has 0 aromatic heterocycles. The van der Waals surface area contributed by atoms with Crippen LogP contribution < -0.4 is 4.72 Å². The Hall–Kier alpha value is -0.230. The van der Waals surface area contributed by atoms with Crippen LogP contribution in [0.5, 0.6) is 0 Å². The second-order valence-corrected chi connectivity index (χ2v) is 5.58. The zero-order valence-electron chi connectivity index (χ0n) is 7.98. The number of halogens is 1. The SMILES string of the molecule is O=S(=O)(NCCCS)c1ccc(Cl)cc1. The maximum Gasteiger partial charge on any atom is 0.240 e. The van der Waals surface area contributed by atoms with E-state index < -0.39 is 10.0 Å². The Morgan fingerprint density at radius 1 is 1.27 bits per heavy atom. The fraction of sp³-hybridized carbons (Fsp3) is 0.333. The van der Waals surface area contributed by atoms with Crippen molar-refractivity contribution in [1.29, 1.82) is 0 Å². The van der Waals surface area contributed by atoms with Gasteiger partial charge in [-0.3, -0.25) is 0 Å². The third kappa shape index (κ3) is 4.03. The van der Waals surface area contributed by atoms with Crippen molar-refractivity contribution in [2.75, 3.05) is 12.3 Å². The summed E-state index contributed by atoms with van der Waals surface area (Å²) in [6.07, 6.45) is 0.704. The summed E-state index contributed by atoms with van der Waals surface area (Å²) in [5.41, 5.74) is 0. The fourth-order valence-corrected chi connectivity index (χ4v) is 2.34. The Labute approximate surface area is 100 Å². The molecule has 0 spiro atoms. The number of sulfonamides is 1. The largest absolute Gasteiger partial charge is 0.240 e. The highest BCUT2D eigenvalue weighted by Gasteiger charge is 2.12. The van der Waals surface area contributed by atoms with Crippen LogP contribution in [0.3, 0.4) is 0 Å². The average Bonchev–Trinajstić information content (AvgIpc) is 2.18. The Bertz CT molecular complexity index is 403. The van der Waals surface area contributed by atoms with Crippen molar-refractivity contribution >= 4 is 34.3 Å². The molecule has 84 valence electrons. The van der Waals surface area contributed by atoms with Gasteiger partial charge in [0.15, 0.2) is 0 Å². The first-order valence-corrected chi connectivity index (χ1v) is 6.92. The minimum atomic E-state index is -3.39. The lowest BCUT2D eigenvalue weighted by Crippen LogP contribution is -2.24. The molecule has 0 heterocycles. The van der Waals surface area contributed by atoms with E-state index >= 15 is 0 Å². The van der Waals surface area contributed by atoms with Gasteiger partial charge in [-0.2, -0.15) is 12.6 Å². The van der Waals surface area contributed by atoms with Gasteiger partial charge in [0, 0.05) is 11.6 Å². The molecule has 1 rings (SSSR count). The lowest BCUT2D eigenvalue weighted by molar-refractivity contribution is 0.581. The summed E-state index contributed by atoms with van der Waals surface area (Å²) in [6, 6.07) is 6.06. The first-order chi connectivity index (χ1) is 7.06. The van der Waals surface area contributed by atoms with Gasteiger partial charge in [0.05, 0.1) is 4.90 Å². The summed E-state index contributed by atoms with van der Waals surface area (Å²) in [5, 5.41) is 0.518. The lowest BCUT2D eigenvalue weighted by atomic mass is 10.4. The zero-order valence-corrected chi connectivity index (χ0v) is 10.4. The van der Waals surface area contributed by atoms with Crippen LogP contribution >= 0.6 is 24.2 Å². The molecule has 0 aliphatic carbocycles. The van der Waals surface area contributed by atoms with Gasteiger partial charge in [0.1, 0.15) is 0 Å². The molecule has 6 heteroatoms. The van der Waals surface area contributed by atoms with Crippen molar-refractivity contribution in [2.24, 2.45) is 0 Å². The summed E-state index contributed by atoms with van der Waals surface area (Å²) < 4.78 is 25.8. The van der Waals surface area contributed by atoms with Gasteiger partial charge >= 0.3 is 0 Å². The van der Waals surface area contributed by atoms with Crippen LogP contribution in [0.1, 0.15) is 6.42 Å². The minimum absolute atomic E-state index is 0.228. The van der Waals surface area contributed by atoms with Crippen molar-refractivity contribution in [2.45, 2.75) is 11.3 Å². The Kier molecular flexibility index (Phi) is 4.92. The summed E-state index contributed by atoms with van der Waals surface area (Å²) >= 11 is 9.66. The first kappa shape index (κ1) is 12.8. The number of benzene rings is 1. The Morgan fingerprint density at radius 3 is 2.40 bits per heavy atom. The molecule has 0 radical (unpaired) electrons. The van der Waals surface area contributed by atoms with Gasteiger partial charge < -0.3 is 0 Å². The molecule has 1 N–H and O–H groups in total. The van der Waals surface area contributed by atoms with Crippen molar-refractivity contribution in [1.82, 2.24) is 4.72 Å². The third-order valence-electron chi connectivity index (χ3n) is 1.75. The van der Waals surface area contributed by atoms with E-state index in [4.69, 9.17) is 11.6 Å². The van der Waals surface area contributed by atoms with Gasteiger partial charge in [-0.15, -0.1) is 0 Å². The van der Waals surface area contributed by atoms with Gasteiger partial charge in [0.25, 0.3) is 0 Å². The van der Waals surface area contributed by atoms with E-state index in [1.165, 1.54) is 12.1 Å². The summed E-state index contributed by atoms with van der Waals surface area (Å²) in [4.78, 5) is 0.228. The molecule has 0 bridgehead atoms. The number of thiol groups is 1. The van der Waals surface area contributed by atoms with Crippen LogP contribution in [-0.4, -0.2) is 20.7 Å². The molecule has 0 fully saturated rings. The van der Waals surface area contributed by atoms with Crippen LogP contribution in [0.4, 0.5) is 0 Å². The quantitative estimate of drug-likeness (QED) is 0.631. The highest BCUT2D eigenvalue weighted by Crippen LogP contribution is 2.13. The molecular weight excluding hydrogens is 254 g/mol. The topological polar surface area (TPSA) is 46.2 Å². The Balaban J connectivity index is 2.73. The number of nitrogens with one attached hydrogen (secondary N) is 1. The fourth-order valence-electron chi connectivity index (χ4n) is 0.983. The molecule has 1 aromatic rings. The third-order valence-corrected chi connectivity index (χ3v) is 3.80. The van der Waals surface area contributed by atoms with Crippen LogP contribution in [0.2, 0.25) is 5.02 Å². The van der Waals surface area contributed by atoms with Crippen LogP contribution in [0, 0.1) is 0 Å². The molecule has 0 saturated heterocycles. The summed E-state index contributed by atoms with van der Waals surface area (Å²) in [6.45, 7) is 0.397. The molecule has 0 saturated carbocycles. The van der Waals surface area contributed by atoms with Crippen molar-refractivity contribution in [3.8, 4) is 0 Å². The van der Waals surface area contributed by atoms with Gasteiger partial charge in [-0.05, 0) is 36.4 Å². The highest BCUT2D eigenvalue weighted by atomic mass is 35.5. The number of hydrogen-bond donors (Lipinski definition) is 2. The highest BCUT2D eigenvalue weighted by molar-refractivity contribution is 7.89. The molecular formula is C9H12ClNO2S2. The molecule has 0 unspecified atom stereocenters. The van der Waals surface area contributed by atoms with Crippen molar-refractivity contribution < 1.29 is 8.42 Å². The smallest absolute Gasteiger partial charge is 0.211 e. The molecule has 1 aromatic carbocycles. The van der Waals surface area contributed by atoms with Crippen LogP contribution in [0.25, 0.3) is 0 Å². The van der Waals surface area contributed by atoms with Crippen molar-refractivity contribution in [3.63, 3.8) is 0 Å². The van der Waals surface area contributed by atoms with E-state index in [0.717, 1.165) is 0 Å². The molecule has 3 nitrogen and oxygen atoms in total.